The van der Waals surface area contributed by atoms with Gasteiger partial charge in [-0.1, -0.05) is 29.3 Å². The van der Waals surface area contributed by atoms with Crippen LogP contribution in [0, 0.1) is 0 Å². The van der Waals surface area contributed by atoms with E-state index in [1.54, 1.807) is 12.1 Å². The topological polar surface area (TPSA) is 74.0 Å². The maximum atomic E-state index is 10.7. The average Bonchev–Trinajstić information content (AvgIpc) is 2.82. The van der Waals surface area contributed by atoms with Gasteiger partial charge < -0.3 is 10.4 Å². The van der Waals surface area contributed by atoms with Crippen molar-refractivity contribution in [2.24, 2.45) is 8.73 Å². The number of hydrogen-bond donors (Lipinski definition) is 2. The number of benzene rings is 1. The van der Waals surface area contributed by atoms with Crippen LogP contribution in [0.4, 0.5) is 17.1 Å². The van der Waals surface area contributed by atoms with Gasteiger partial charge in [0.2, 0.25) is 0 Å². The van der Waals surface area contributed by atoms with E-state index < -0.39 is 5.97 Å². The van der Waals surface area contributed by atoms with Crippen LogP contribution in [0.2, 0.25) is 10.0 Å². The van der Waals surface area contributed by atoms with Gasteiger partial charge in [0.15, 0.2) is 0 Å². The SMILES string of the molecule is CC(=CCNc1c(Cl)cc(Cl)c2c1N=S=N2)C(=O)O. The Morgan fingerprint density at radius 3 is 2.79 bits per heavy atom. The van der Waals surface area contributed by atoms with E-state index in [2.05, 4.69) is 14.0 Å². The van der Waals surface area contributed by atoms with Gasteiger partial charge in [-0.15, -0.1) is 0 Å². The van der Waals surface area contributed by atoms with Crippen LogP contribution in [0.25, 0.3) is 0 Å². The van der Waals surface area contributed by atoms with Crippen molar-refractivity contribution < 1.29 is 9.90 Å². The molecule has 0 saturated heterocycles. The zero-order chi connectivity index (χ0) is 14.0. The van der Waals surface area contributed by atoms with Crippen molar-refractivity contribution in [3.8, 4) is 0 Å². The molecule has 0 fully saturated rings. The highest BCUT2D eigenvalue weighted by atomic mass is 35.5. The molecule has 1 aliphatic rings. The molecule has 0 aromatic heterocycles. The fourth-order valence-electron chi connectivity index (χ4n) is 1.44. The summed E-state index contributed by atoms with van der Waals surface area (Å²) in [6.45, 7) is 1.85. The van der Waals surface area contributed by atoms with E-state index in [0.29, 0.717) is 33.7 Å². The van der Waals surface area contributed by atoms with Crippen LogP contribution in [0.5, 0.6) is 0 Å². The van der Waals surface area contributed by atoms with Gasteiger partial charge in [-0.05, 0) is 13.0 Å². The molecule has 0 aliphatic carbocycles. The zero-order valence-corrected chi connectivity index (χ0v) is 12.1. The Morgan fingerprint density at radius 2 is 2.11 bits per heavy atom. The molecule has 2 rings (SSSR count). The molecule has 0 amide bonds. The molecule has 1 aromatic rings. The lowest BCUT2D eigenvalue weighted by Crippen LogP contribution is -2.03. The first-order valence-corrected chi connectivity index (χ1v) is 6.73. The number of carboxylic acids is 1. The molecule has 5 nitrogen and oxygen atoms in total. The van der Waals surface area contributed by atoms with Crippen molar-refractivity contribution in [1.29, 1.82) is 0 Å². The molecular formula is C11H9Cl2N3O2S. The third-order valence-corrected chi connectivity index (χ3v) is 3.58. The molecule has 100 valence electrons. The number of rotatable bonds is 4. The molecule has 0 radical (unpaired) electrons. The molecule has 1 aliphatic heterocycles. The van der Waals surface area contributed by atoms with E-state index >= 15 is 0 Å². The predicted octanol–water partition coefficient (Wildman–Crippen LogP) is 4.16. The Kier molecular flexibility index (Phi) is 4.24. The van der Waals surface area contributed by atoms with Crippen LogP contribution in [0.1, 0.15) is 6.92 Å². The second-order valence-corrected chi connectivity index (χ2v) is 5.09. The molecule has 1 aromatic carbocycles. The van der Waals surface area contributed by atoms with Crippen LogP contribution in [-0.4, -0.2) is 17.6 Å². The first-order chi connectivity index (χ1) is 9.00. The minimum atomic E-state index is -0.954. The Morgan fingerprint density at radius 1 is 1.42 bits per heavy atom. The Bertz CT molecular complexity index is 652. The summed E-state index contributed by atoms with van der Waals surface area (Å²) >= 11 is 13.1. The Balaban J connectivity index is 2.23. The monoisotopic (exact) mass is 317 g/mol. The lowest BCUT2D eigenvalue weighted by Gasteiger charge is -2.10. The van der Waals surface area contributed by atoms with Crippen molar-refractivity contribution in [1.82, 2.24) is 0 Å². The smallest absolute Gasteiger partial charge is 0.331 e. The van der Waals surface area contributed by atoms with Crippen molar-refractivity contribution in [3.63, 3.8) is 0 Å². The predicted molar refractivity (Wildman–Crippen MR) is 77.9 cm³/mol. The Hall–Kier alpha value is -1.37. The summed E-state index contributed by atoms with van der Waals surface area (Å²) < 4.78 is 8.22. The van der Waals surface area contributed by atoms with Gasteiger partial charge in [-0.25, -0.2) is 4.79 Å². The highest BCUT2D eigenvalue weighted by Crippen LogP contribution is 2.47. The molecular weight excluding hydrogens is 309 g/mol. The van der Waals surface area contributed by atoms with Gasteiger partial charge in [0.1, 0.15) is 11.4 Å². The largest absolute Gasteiger partial charge is 0.478 e. The number of halogens is 2. The molecule has 0 atom stereocenters. The van der Waals surface area contributed by atoms with Gasteiger partial charge >= 0.3 is 5.97 Å². The number of nitrogens with one attached hydrogen (secondary N) is 1. The Labute approximate surface area is 123 Å². The number of nitrogens with zero attached hydrogens (tertiary/aromatic N) is 2. The molecule has 8 heteroatoms. The molecule has 0 saturated carbocycles. The molecule has 1 heterocycles. The van der Waals surface area contributed by atoms with Gasteiger partial charge in [-0.3, -0.25) is 0 Å². The van der Waals surface area contributed by atoms with E-state index in [-0.39, 0.29) is 5.57 Å². The van der Waals surface area contributed by atoms with Crippen LogP contribution in [-0.2, 0) is 16.1 Å². The number of hydrogen-bond acceptors (Lipinski definition) is 4. The minimum Gasteiger partial charge on any atom is -0.478 e. The van der Waals surface area contributed by atoms with E-state index in [1.807, 2.05) is 0 Å². The number of carbonyl (C=O) groups is 1. The maximum Gasteiger partial charge on any atom is 0.331 e. The van der Waals surface area contributed by atoms with Gasteiger partial charge in [0, 0.05) is 12.1 Å². The number of anilines is 1. The summed E-state index contributed by atoms with van der Waals surface area (Å²) in [4.78, 5) is 10.7. The standard InChI is InChI=1S/C11H9Cl2N3O2S/c1-5(11(17)18)2-3-14-8-6(12)4-7(13)9-10(8)16-19-15-9/h2,4,14H,3H2,1H3,(H,17,18). The molecule has 19 heavy (non-hydrogen) atoms. The van der Waals surface area contributed by atoms with E-state index in [0.717, 1.165) is 11.4 Å². The van der Waals surface area contributed by atoms with Crippen LogP contribution in [0.3, 0.4) is 0 Å². The van der Waals surface area contributed by atoms with Crippen LogP contribution >= 0.6 is 23.2 Å². The lowest BCUT2D eigenvalue weighted by molar-refractivity contribution is -0.132. The van der Waals surface area contributed by atoms with Crippen molar-refractivity contribution in [3.05, 3.63) is 27.8 Å². The summed E-state index contributed by atoms with van der Waals surface area (Å²) in [5.41, 5.74) is 2.02. The second-order valence-electron chi connectivity index (χ2n) is 3.75. The van der Waals surface area contributed by atoms with E-state index in [4.69, 9.17) is 28.3 Å². The van der Waals surface area contributed by atoms with E-state index in [9.17, 15) is 4.79 Å². The quantitative estimate of drug-likeness (QED) is 0.831. The molecule has 0 bridgehead atoms. The highest BCUT2D eigenvalue weighted by molar-refractivity contribution is 7.58. The van der Waals surface area contributed by atoms with Crippen LogP contribution in [0.15, 0.2) is 26.4 Å². The second kappa shape index (κ2) is 5.73. The maximum absolute atomic E-state index is 10.7. The normalized spacial score (nSPS) is 13.1. The number of carboxylic acid groups (broad SMARTS) is 1. The minimum absolute atomic E-state index is 0.255. The van der Waals surface area contributed by atoms with Crippen molar-refractivity contribution in [2.45, 2.75) is 6.92 Å². The summed E-state index contributed by atoms with van der Waals surface area (Å²) in [6.07, 6.45) is 1.55. The third kappa shape index (κ3) is 2.97. The third-order valence-electron chi connectivity index (χ3n) is 2.47. The van der Waals surface area contributed by atoms with Gasteiger partial charge in [-0.2, -0.15) is 8.73 Å². The summed E-state index contributed by atoms with van der Waals surface area (Å²) in [7, 11) is 0. The van der Waals surface area contributed by atoms with E-state index in [1.165, 1.54) is 6.92 Å². The summed E-state index contributed by atoms with van der Waals surface area (Å²) in [5.74, 6) is -0.954. The fourth-order valence-corrected chi connectivity index (χ4v) is 2.61. The van der Waals surface area contributed by atoms with Gasteiger partial charge in [0.05, 0.1) is 27.1 Å². The number of aliphatic carboxylic acids is 1. The van der Waals surface area contributed by atoms with Crippen molar-refractivity contribution in [2.75, 3.05) is 11.9 Å². The summed E-state index contributed by atoms with van der Waals surface area (Å²) in [5, 5.41) is 12.6. The lowest BCUT2D eigenvalue weighted by atomic mass is 10.2. The molecule has 0 unspecified atom stereocenters. The first-order valence-electron chi connectivity index (χ1n) is 5.25. The molecule has 2 N–H and O–H groups in total. The number of fused-ring (bicyclic) bond motifs is 1. The average molecular weight is 318 g/mol. The zero-order valence-electron chi connectivity index (χ0n) is 9.78. The van der Waals surface area contributed by atoms with Gasteiger partial charge in [0.25, 0.3) is 0 Å². The van der Waals surface area contributed by atoms with Crippen molar-refractivity contribution >= 4 is 57.6 Å². The fraction of sp³-hybridized carbons (Fsp3) is 0.182. The highest BCUT2D eigenvalue weighted by Gasteiger charge is 2.18. The van der Waals surface area contributed by atoms with Crippen LogP contribution < -0.4 is 5.32 Å². The first kappa shape index (κ1) is 14.0. The molecule has 0 spiro atoms. The summed E-state index contributed by atoms with van der Waals surface area (Å²) in [6, 6.07) is 1.59.